The maximum atomic E-state index is 8.87. The second-order valence-corrected chi connectivity index (χ2v) is 3.81. The average molecular weight is 255 g/mol. The molecule has 0 radical (unpaired) electrons. The van der Waals surface area contributed by atoms with E-state index in [9.17, 15) is 0 Å². The lowest BCUT2D eigenvalue weighted by atomic mass is 10.1. The van der Waals surface area contributed by atoms with E-state index in [0.29, 0.717) is 36.1 Å². The van der Waals surface area contributed by atoms with Crippen molar-refractivity contribution in [3.05, 3.63) is 35.9 Å². The summed E-state index contributed by atoms with van der Waals surface area (Å²) in [6.45, 7) is 2.78. The number of aromatic nitrogens is 3. The summed E-state index contributed by atoms with van der Waals surface area (Å²) in [4.78, 5) is 12.4. The highest BCUT2D eigenvalue weighted by molar-refractivity contribution is 5.62. The van der Waals surface area contributed by atoms with Gasteiger partial charge in [0.15, 0.2) is 5.82 Å². The van der Waals surface area contributed by atoms with Crippen molar-refractivity contribution in [3.8, 4) is 17.3 Å². The molecule has 2 N–H and O–H groups in total. The Labute approximate surface area is 110 Å². The molecule has 19 heavy (non-hydrogen) atoms. The van der Waals surface area contributed by atoms with Gasteiger partial charge in [-0.1, -0.05) is 0 Å². The van der Waals surface area contributed by atoms with Gasteiger partial charge in [0.1, 0.15) is 18.5 Å². The molecule has 0 saturated carbocycles. The van der Waals surface area contributed by atoms with Gasteiger partial charge in [-0.15, -0.1) is 0 Å². The molecule has 6 heteroatoms. The molecule has 96 valence electrons. The molecule has 6 nitrogen and oxygen atoms in total. The maximum Gasteiger partial charge on any atom is 0.157 e. The lowest BCUT2D eigenvalue weighted by Gasteiger charge is -2.06. The zero-order chi connectivity index (χ0) is 13.7. The van der Waals surface area contributed by atoms with Gasteiger partial charge in [-0.05, 0) is 13.0 Å². The second kappa shape index (κ2) is 5.89. The molecule has 0 unspecified atom stereocenters. The quantitative estimate of drug-likeness (QED) is 0.889. The van der Waals surface area contributed by atoms with E-state index in [1.54, 1.807) is 18.3 Å². The smallest absolute Gasteiger partial charge is 0.157 e. The van der Waals surface area contributed by atoms with Crippen molar-refractivity contribution in [2.45, 2.75) is 13.5 Å². The summed E-state index contributed by atoms with van der Waals surface area (Å²) in [6.07, 6.45) is 3.13. The number of nitrogens with zero attached hydrogens (tertiary/aromatic N) is 4. The number of nitrogens with two attached hydrogens (primary N) is 1. The summed E-state index contributed by atoms with van der Waals surface area (Å²) < 4.78 is 5.26. The SMILES string of the molecule is CCOCc1nc(N)cc(-c2cncc(C#N)c2)n1. The largest absolute Gasteiger partial charge is 0.384 e. The summed E-state index contributed by atoms with van der Waals surface area (Å²) in [5, 5.41) is 8.87. The first-order valence-electron chi connectivity index (χ1n) is 5.79. The molecule has 2 aromatic rings. The number of hydrogen-bond acceptors (Lipinski definition) is 6. The van der Waals surface area contributed by atoms with Gasteiger partial charge in [-0.3, -0.25) is 4.98 Å². The molecule has 0 aromatic carbocycles. The Balaban J connectivity index is 2.38. The van der Waals surface area contributed by atoms with Crippen LogP contribution in [0, 0.1) is 11.3 Å². The minimum Gasteiger partial charge on any atom is -0.384 e. The van der Waals surface area contributed by atoms with Gasteiger partial charge in [-0.25, -0.2) is 9.97 Å². The van der Waals surface area contributed by atoms with Crippen LogP contribution in [-0.4, -0.2) is 21.6 Å². The minimum absolute atomic E-state index is 0.305. The number of rotatable bonds is 4. The van der Waals surface area contributed by atoms with Crippen LogP contribution >= 0.6 is 0 Å². The Morgan fingerprint density at radius 2 is 2.16 bits per heavy atom. The standard InChI is InChI=1S/C13H13N5O/c1-2-19-8-13-17-11(4-12(15)18-13)10-3-9(5-14)6-16-7-10/h3-4,6-7H,2,8H2,1H3,(H2,15,17,18). The highest BCUT2D eigenvalue weighted by atomic mass is 16.5. The summed E-state index contributed by atoms with van der Waals surface area (Å²) in [6, 6.07) is 5.39. The Bertz CT molecular complexity index is 621. The first kappa shape index (κ1) is 12.9. The number of nitriles is 1. The third-order valence-electron chi connectivity index (χ3n) is 2.39. The Morgan fingerprint density at radius 3 is 2.89 bits per heavy atom. The lowest BCUT2D eigenvalue weighted by molar-refractivity contribution is 0.128. The van der Waals surface area contributed by atoms with E-state index in [0.717, 1.165) is 5.56 Å². The van der Waals surface area contributed by atoms with Crippen LogP contribution in [0.3, 0.4) is 0 Å². The van der Waals surface area contributed by atoms with Crippen molar-refractivity contribution < 1.29 is 4.74 Å². The molecule has 2 rings (SSSR count). The van der Waals surface area contributed by atoms with E-state index in [4.69, 9.17) is 15.7 Å². The van der Waals surface area contributed by atoms with Crippen molar-refractivity contribution in [2.24, 2.45) is 0 Å². The Morgan fingerprint density at radius 1 is 1.32 bits per heavy atom. The highest BCUT2D eigenvalue weighted by Gasteiger charge is 2.06. The monoisotopic (exact) mass is 255 g/mol. The first-order chi connectivity index (χ1) is 9.22. The molecule has 0 aliphatic rings. The summed E-state index contributed by atoms with van der Waals surface area (Å²) >= 11 is 0. The van der Waals surface area contributed by atoms with Crippen LogP contribution in [0.2, 0.25) is 0 Å². The van der Waals surface area contributed by atoms with Gasteiger partial charge in [-0.2, -0.15) is 5.26 Å². The van der Waals surface area contributed by atoms with E-state index < -0.39 is 0 Å². The van der Waals surface area contributed by atoms with E-state index >= 15 is 0 Å². The van der Waals surface area contributed by atoms with Crippen molar-refractivity contribution in [1.29, 1.82) is 5.26 Å². The van der Waals surface area contributed by atoms with Crippen LogP contribution < -0.4 is 5.73 Å². The molecule has 0 fully saturated rings. The molecule has 0 aliphatic carbocycles. The van der Waals surface area contributed by atoms with Crippen molar-refractivity contribution in [3.63, 3.8) is 0 Å². The number of anilines is 1. The number of ether oxygens (including phenoxy) is 1. The second-order valence-electron chi connectivity index (χ2n) is 3.81. The van der Waals surface area contributed by atoms with E-state index in [-0.39, 0.29) is 0 Å². The molecule has 0 saturated heterocycles. The number of pyridine rings is 1. The Kier molecular flexibility index (Phi) is 4.00. The van der Waals surface area contributed by atoms with E-state index in [1.165, 1.54) is 6.20 Å². The van der Waals surface area contributed by atoms with E-state index in [2.05, 4.69) is 15.0 Å². The molecular weight excluding hydrogens is 242 g/mol. The Hall–Kier alpha value is -2.52. The predicted molar refractivity (Wildman–Crippen MR) is 69.7 cm³/mol. The van der Waals surface area contributed by atoms with Crippen LogP contribution in [0.1, 0.15) is 18.3 Å². The van der Waals surface area contributed by atoms with Gasteiger partial charge < -0.3 is 10.5 Å². The molecule has 2 heterocycles. The molecule has 0 amide bonds. The maximum absolute atomic E-state index is 8.87. The normalized spacial score (nSPS) is 10.1. The molecule has 0 bridgehead atoms. The number of nitrogen functional groups attached to an aromatic ring is 1. The molecule has 2 aromatic heterocycles. The van der Waals surface area contributed by atoms with Gasteiger partial charge in [0, 0.05) is 30.6 Å². The number of hydrogen-bond donors (Lipinski definition) is 1. The van der Waals surface area contributed by atoms with Gasteiger partial charge >= 0.3 is 0 Å². The minimum atomic E-state index is 0.305. The fraction of sp³-hybridized carbons (Fsp3) is 0.231. The fourth-order valence-corrected chi connectivity index (χ4v) is 1.56. The molecule has 0 spiro atoms. The summed E-state index contributed by atoms with van der Waals surface area (Å²) in [5.74, 6) is 0.876. The van der Waals surface area contributed by atoms with Crippen LogP contribution in [0.4, 0.5) is 5.82 Å². The third-order valence-corrected chi connectivity index (χ3v) is 2.39. The van der Waals surface area contributed by atoms with Crippen molar-refractivity contribution in [2.75, 3.05) is 12.3 Å². The molecule has 0 atom stereocenters. The van der Waals surface area contributed by atoms with Crippen LogP contribution in [0.15, 0.2) is 24.5 Å². The van der Waals surface area contributed by atoms with Crippen LogP contribution in [0.25, 0.3) is 11.3 Å². The van der Waals surface area contributed by atoms with Gasteiger partial charge in [0.05, 0.1) is 11.3 Å². The molecular formula is C13H13N5O. The van der Waals surface area contributed by atoms with Gasteiger partial charge in [0.2, 0.25) is 0 Å². The zero-order valence-corrected chi connectivity index (χ0v) is 10.5. The predicted octanol–water partition coefficient (Wildman–Crippen LogP) is 1.53. The van der Waals surface area contributed by atoms with Crippen molar-refractivity contribution in [1.82, 2.24) is 15.0 Å². The lowest BCUT2D eigenvalue weighted by Crippen LogP contribution is -2.03. The highest BCUT2D eigenvalue weighted by Crippen LogP contribution is 2.19. The third kappa shape index (κ3) is 3.24. The topological polar surface area (TPSA) is 97.7 Å². The fourth-order valence-electron chi connectivity index (χ4n) is 1.56. The van der Waals surface area contributed by atoms with Crippen LogP contribution in [-0.2, 0) is 11.3 Å². The van der Waals surface area contributed by atoms with Crippen molar-refractivity contribution >= 4 is 5.82 Å². The first-order valence-corrected chi connectivity index (χ1v) is 5.79. The van der Waals surface area contributed by atoms with Gasteiger partial charge in [0.25, 0.3) is 0 Å². The summed E-state index contributed by atoms with van der Waals surface area (Å²) in [7, 11) is 0. The van der Waals surface area contributed by atoms with Crippen LogP contribution in [0.5, 0.6) is 0 Å². The molecule has 0 aliphatic heterocycles. The summed E-state index contributed by atoms with van der Waals surface area (Å²) in [5.41, 5.74) is 7.58. The average Bonchev–Trinajstić information content (AvgIpc) is 2.44. The van der Waals surface area contributed by atoms with E-state index in [1.807, 2.05) is 13.0 Å². The zero-order valence-electron chi connectivity index (χ0n) is 10.5.